The number of thiophene rings is 1. The first-order valence-corrected chi connectivity index (χ1v) is 19.5. The van der Waals surface area contributed by atoms with Gasteiger partial charge >= 0.3 is 0 Å². The molecule has 5 heterocycles. The van der Waals surface area contributed by atoms with Crippen molar-refractivity contribution in [1.29, 1.82) is 0 Å². The van der Waals surface area contributed by atoms with Crippen LogP contribution in [0.25, 0.3) is 119 Å². The molecule has 0 saturated heterocycles. The van der Waals surface area contributed by atoms with E-state index in [0.717, 1.165) is 38.5 Å². The first kappa shape index (κ1) is 29.4. The maximum absolute atomic E-state index is 5.27. The smallest absolute Gasteiger partial charge is 0.160 e. The Balaban J connectivity index is 1.14. The van der Waals surface area contributed by atoms with E-state index in [-0.39, 0.29) is 0 Å². The first-order valence-electron chi connectivity index (χ1n) is 18.7. The lowest BCUT2D eigenvalue weighted by Gasteiger charge is -2.12. The minimum Gasteiger partial charge on any atom is -0.308 e. The predicted octanol–water partition coefficient (Wildman–Crippen LogP) is 13.6. The number of nitrogens with zero attached hydrogens (tertiary/aromatic N) is 4. The van der Waals surface area contributed by atoms with Crippen LogP contribution in [0.2, 0.25) is 0 Å². The summed E-state index contributed by atoms with van der Waals surface area (Å²) >= 11 is 1.77. The fraction of sp³-hybridized carbons (Fsp3) is 0. The normalized spacial score (nSPS) is 12.4. The van der Waals surface area contributed by atoms with E-state index in [2.05, 4.69) is 173 Å². The molecule has 13 aromatic rings. The molecule has 0 aliphatic carbocycles. The number of aromatic nitrogens is 4. The van der Waals surface area contributed by atoms with Gasteiger partial charge in [0.1, 0.15) is 0 Å². The van der Waals surface area contributed by atoms with E-state index in [0.29, 0.717) is 0 Å². The lowest BCUT2D eigenvalue weighted by molar-refractivity contribution is 1.19. The lowest BCUT2D eigenvalue weighted by Crippen LogP contribution is -1.96. The zero-order valence-electron chi connectivity index (χ0n) is 29.4. The molecule has 0 bridgehead atoms. The van der Waals surface area contributed by atoms with E-state index in [1.54, 1.807) is 11.3 Å². The molecule has 13 rings (SSSR count). The highest BCUT2D eigenvalue weighted by molar-refractivity contribution is 7.26. The van der Waals surface area contributed by atoms with Gasteiger partial charge in [0.2, 0.25) is 0 Å². The molecule has 0 N–H and O–H groups in total. The molecule has 8 aromatic carbocycles. The summed E-state index contributed by atoms with van der Waals surface area (Å²) in [6.07, 6.45) is 0. The van der Waals surface area contributed by atoms with Crippen LogP contribution in [0.5, 0.6) is 0 Å². The van der Waals surface area contributed by atoms with Crippen molar-refractivity contribution in [3.05, 3.63) is 170 Å². The summed E-state index contributed by atoms with van der Waals surface area (Å²) in [6.45, 7) is 0. The Kier molecular flexibility index (Phi) is 5.74. The summed E-state index contributed by atoms with van der Waals surface area (Å²) in [5, 5.41) is 11.3. The Labute approximate surface area is 318 Å². The number of hydrogen-bond acceptors (Lipinski definition) is 3. The maximum atomic E-state index is 5.27. The van der Waals surface area contributed by atoms with Crippen molar-refractivity contribution < 1.29 is 0 Å². The van der Waals surface area contributed by atoms with Crippen molar-refractivity contribution in [2.24, 2.45) is 0 Å². The highest BCUT2D eigenvalue weighted by atomic mass is 32.1. The Hall–Kier alpha value is -7.08. The molecule has 55 heavy (non-hydrogen) atoms. The molecule has 0 saturated carbocycles. The third-order valence-electron chi connectivity index (χ3n) is 11.6. The van der Waals surface area contributed by atoms with Crippen LogP contribution in [-0.4, -0.2) is 18.9 Å². The van der Waals surface area contributed by atoms with E-state index in [1.165, 1.54) is 80.8 Å². The van der Waals surface area contributed by atoms with Gasteiger partial charge in [0, 0.05) is 64.6 Å². The van der Waals surface area contributed by atoms with Crippen LogP contribution in [0.15, 0.2) is 170 Å². The Morgan fingerprint density at radius 1 is 0.436 bits per heavy atom. The Morgan fingerprint density at radius 3 is 1.95 bits per heavy atom. The van der Waals surface area contributed by atoms with Crippen LogP contribution in [0.3, 0.4) is 0 Å². The van der Waals surface area contributed by atoms with Crippen molar-refractivity contribution in [3.8, 4) is 28.3 Å². The second kappa shape index (κ2) is 10.8. The number of hydrogen-bond donors (Lipinski definition) is 0. The van der Waals surface area contributed by atoms with Gasteiger partial charge in [0.25, 0.3) is 0 Å². The summed E-state index contributed by atoms with van der Waals surface area (Å²) in [7, 11) is 0. The average Bonchev–Trinajstić information content (AvgIpc) is 3.99. The number of rotatable bonds is 3. The highest BCUT2D eigenvalue weighted by Crippen LogP contribution is 2.48. The molecule has 5 aromatic heterocycles. The van der Waals surface area contributed by atoms with Crippen molar-refractivity contribution in [2.75, 3.05) is 0 Å². The van der Waals surface area contributed by atoms with E-state index in [1.807, 2.05) is 6.07 Å². The van der Waals surface area contributed by atoms with Gasteiger partial charge in [-0.05, 0) is 41.8 Å². The first-order chi connectivity index (χ1) is 27.3. The van der Waals surface area contributed by atoms with Crippen molar-refractivity contribution in [3.63, 3.8) is 0 Å². The van der Waals surface area contributed by atoms with Gasteiger partial charge in [0.15, 0.2) is 5.82 Å². The summed E-state index contributed by atoms with van der Waals surface area (Å²) in [5.41, 5.74) is 11.4. The molecule has 4 nitrogen and oxygen atoms in total. The molecule has 0 spiro atoms. The van der Waals surface area contributed by atoms with E-state index in [9.17, 15) is 0 Å². The average molecular weight is 717 g/mol. The quantitative estimate of drug-likeness (QED) is 0.182. The fourth-order valence-corrected chi connectivity index (χ4v) is 10.4. The Bertz CT molecular complexity index is 3700. The topological polar surface area (TPSA) is 35.1 Å². The van der Waals surface area contributed by atoms with Gasteiger partial charge in [-0.15, -0.1) is 11.3 Å². The zero-order chi connectivity index (χ0) is 35.8. The summed E-state index contributed by atoms with van der Waals surface area (Å²) < 4.78 is 7.33. The van der Waals surface area contributed by atoms with Crippen molar-refractivity contribution in [1.82, 2.24) is 18.9 Å². The summed E-state index contributed by atoms with van der Waals surface area (Å²) in [6, 6.07) is 61.5. The second-order valence-electron chi connectivity index (χ2n) is 14.5. The van der Waals surface area contributed by atoms with Gasteiger partial charge in [-0.2, -0.15) is 0 Å². The molecular weight excluding hydrogens is 689 g/mol. The molecule has 0 unspecified atom stereocenters. The van der Waals surface area contributed by atoms with Gasteiger partial charge in [-0.25, -0.2) is 9.97 Å². The van der Waals surface area contributed by atoms with E-state index >= 15 is 0 Å². The number of benzene rings is 8. The van der Waals surface area contributed by atoms with Crippen molar-refractivity contribution >= 4 is 102 Å². The van der Waals surface area contributed by atoms with Crippen LogP contribution < -0.4 is 0 Å². The van der Waals surface area contributed by atoms with Crippen LogP contribution >= 0.6 is 11.3 Å². The van der Waals surface area contributed by atoms with Crippen molar-refractivity contribution in [2.45, 2.75) is 0 Å². The zero-order valence-corrected chi connectivity index (χ0v) is 30.2. The molecule has 0 radical (unpaired) electrons. The minimum atomic E-state index is 0.741. The van der Waals surface area contributed by atoms with Gasteiger partial charge in [0.05, 0.1) is 43.5 Å². The predicted molar refractivity (Wildman–Crippen MR) is 232 cm³/mol. The van der Waals surface area contributed by atoms with Gasteiger partial charge < -0.3 is 8.97 Å². The van der Waals surface area contributed by atoms with E-state index in [4.69, 9.17) is 9.97 Å². The molecule has 0 aliphatic heterocycles. The molecule has 0 amide bonds. The second-order valence-corrected chi connectivity index (χ2v) is 15.6. The Morgan fingerprint density at radius 2 is 1.11 bits per heavy atom. The molecule has 0 atom stereocenters. The van der Waals surface area contributed by atoms with Gasteiger partial charge in [-0.3, -0.25) is 0 Å². The molecule has 0 aliphatic rings. The molecular formula is C50H28N4S. The van der Waals surface area contributed by atoms with E-state index < -0.39 is 0 Å². The number of fused-ring (bicyclic) bond motifs is 15. The fourth-order valence-electron chi connectivity index (χ4n) is 9.29. The molecule has 0 fully saturated rings. The molecule has 254 valence electrons. The SMILES string of the molecule is c1ccc(-c2nc(-c3ccc(-n4c5c6ccccc6ccc5c5cc6c7ccccc7n7c8ccccc8c(c54)c67)cc3)c3sc4ccccc4c3n2)cc1. The van der Waals surface area contributed by atoms with Gasteiger partial charge in [-0.1, -0.05) is 133 Å². The molecule has 5 heteroatoms. The third kappa shape index (κ3) is 3.89. The van der Waals surface area contributed by atoms with Crippen LogP contribution in [0.4, 0.5) is 0 Å². The monoisotopic (exact) mass is 716 g/mol. The third-order valence-corrected chi connectivity index (χ3v) is 12.8. The standard InChI is InChI=1S/C50H28N4S/c1-2-13-31(14-3-1)50-51-44(49-45(52-50)37-18-8-11-21-42(37)55-49)30-22-25-32(26-23-30)53-46-33-15-5-4-12-29(33)24-27-35(46)39-28-38-34-16-6-9-19-40(34)54-41-20-10-7-17-36(41)43(47(39)53)48(38)54/h1-28H. The van der Waals surface area contributed by atoms with Crippen LogP contribution in [0.1, 0.15) is 0 Å². The van der Waals surface area contributed by atoms with Crippen LogP contribution in [0, 0.1) is 0 Å². The highest BCUT2D eigenvalue weighted by Gasteiger charge is 2.25. The lowest BCUT2D eigenvalue weighted by atomic mass is 10.0. The minimum absolute atomic E-state index is 0.741. The summed E-state index contributed by atoms with van der Waals surface area (Å²) in [4.78, 5) is 10.4. The maximum Gasteiger partial charge on any atom is 0.160 e. The van der Waals surface area contributed by atoms with Crippen LogP contribution in [-0.2, 0) is 0 Å². The largest absolute Gasteiger partial charge is 0.308 e. The number of para-hydroxylation sites is 2. The summed E-state index contributed by atoms with van der Waals surface area (Å²) in [5.74, 6) is 0.741.